The average Bonchev–Trinajstić information content (AvgIpc) is 2.18. The summed E-state index contributed by atoms with van der Waals surface area (Å²) in [5, 5.41) is 3.15. The van der Waals surface area contributed by atoms with Crippen molar-refractivity contribution >= 4 is 28.5 Å². The van der Waals surface area contributed by atoms with E-state index in [1.54, 1.807) is 12.4 Å². The van der Waals surface area contributed by atoms with Crippen molar-refractivity contribution < 1.29 is 4.74 Å². The summed E-state index contributed by atoms with van der Waals surface area (Å²) in [6.07, 6.45) is 3.56. The van der Waals surface area contributed by atoms with Crippen LogP contribution in [0.2, 0.25) is 0 Å². The Kier molecular flexibility index (Phi) is 5.10. The van der Waals surface area contributed by atoms with Gasteiger partial charge in [0.1, 0.15) is 0 Å². The van der Waals surface area contributed by atoms with Crippen molar-refractivity contribution in [1.29, 1.82) is 0 Å². The molecule has 14 heavy (non-hydrogen) atoms. The zero-order valence-electron chi connectivity index (χ0n) is 8.33. The summed E-state index contributed by atoms with van der Waals surface area (Å²) in [5.74, 6) is 0.651. The second-order valence-corrected chi connectivity index (χ2v) is 4.18. The number of nitrogens with zero attached hydrogens (tertiary/aromatic N) is 2. The second kappa shape index (κ2) is 6.13. The van der Waals surface area contributed by atoms with Crippen LogP contribution in [0.25, 0.3) is 0 Å². The highest BCUT2D eigenvalue weighted by molar-refractivity contribution is 14.1. The molecule has 0 saturated carbocycles. The Morgan fingerprint density at radius 1 is 1.50 bits per heavy atom. The molecule has 0 aliphatic rings. The van der Waals surface area contributed by atoms with E-state index in [9.17, 15) is 0 Å². The van der Waals surface area contributed by atoms with Gasteiger partial charge in [0, 0.05) is 28.6 Å². The smallest absolute Gasteiger partial charge is 0.222 e. The molecule has 1 aromatic rings. The van der Waals surface area contributed by atoms with Crippen molar-refractivity contribution in [3.05, 3.63) is 16.0 Å². The summed E-state index contributed by atoms with van der Waals surface area (Å²) in [7, 11) is 0. The van der Waals surface area contributed by atoms with Crippen LogP contribution in [0.3, 0.4) is 0 Å². The van der Waals surface area contributed by atoms with Crippen LogP contribution < -0.4 is 5.32 Å². The van der Waals surface area contributed by atoms with E-state index in [2.05, 4.69) is 37.9 Å². The van der Waals surface area contributed by atoms with Gasteiger partial charge in [0.2, 0.25) is 5.95 Å². The molecule has 5 heteroatoms. The summed E-state index contributed by atoms with van der Waals surface area (Å²) >= 11 is 2.18. The van der Waals surface area contributed by atoms with Crippen LogP contribution in [0.4, 0.5) is 5.95 Å². The molecule has 1 atom stereocenters. The minimum absolute atomic E-state index is 0.231. The van der Waals surface area contributed by atoms with E-state index in [1.807, 2.05) is 13.8 Å². The Morgan fingerprint density at radius 3 is 2.71 bits per heavy atom. The fourth-order valence-corrected chi connectivity index (χ4v) is 1.22. The molecule has 0 aromatic carbocycles. The summed E-state index contributed by atoms with van der Waals surface area (Å²) in [4.78, 5) is 8.28. The van der Waals surface area contributed by atoms with Gasteiger partial charge >= 0.3 is 0 Å². The first-order chi connectivity index (χ1) is 6.72. The molecular weight excluding hydrogens is 293 g/mol. The van der Waals surface area contributed by atoms with E-state index >= 15 is 0 Å². The summed E-state index contributed by atoms with van der Waals surface area (Å²) in [6.45, 7) is 5.43. The highest BCUT2D eigenvalue weighted by atomic mass is 127. The summed E-state index contributed by atoms with van der Waals surface area (Å²) < 4.78 is 6.30. The van der Waals surface area contributed by atoms with Crippen LogP contribution >= 0.6 is 22.6 Å². The Hall–Kier alpha value is -0.430. The molecule has 0 aliphatic carbocycles. The number of hydrogen-bond acceptors (Lipinski definition) is 4. The summed E-state index contributed by atoms with van der Waals surface area (Å²) in [6, 6.07) is 0.231. The first-order valence-electron chi connectivity index (χ1n) is 4.54. The maximum Gasteiger partial charge on any atom is 0.222 e. The van der Waals surface area contributed by atoms with E-state index in [0.717, 1.165) is 10.2 Å². The molecule has 4 nitrogen and oxygen atoms in total. The molecule has 0 radical (unpaired) electrons. The molecule has 0 bridgehead atoms. The predicted molar refractivity (Wildman–Crippen MR) is 64.3 cm³/mol. The quantitative estimate of drug-likeness (QED) is 0.844. The van der Waals surface area contributed by atoms with Crippen molar-refractivity contribution in [2.75, 3.05) is 18.5 Å². The fraction of sp³-hybridized carbons (Fsp3) is 0.556. The van der Waals surface area contributed by atoms with Crippen LogP contribution in [-0.4, -0.2) is 29.2 Å². The van der Waals surface area contributed by atoms with E-state index < -0.39 is 0 Å². The third-order valence-corrected chi connectivity index (χ3v) is 2.12. The molecule has 0 amide bonds. The largest absolute Gasteiger partial charge is 0.380 e. The van der Waals surface area contributed by atoms with Crippen molar-refractivity contribution in [3.63, 3.8) is 0 Å². The zero-order valence-corrected chi connectivity index (χ0v) is 10.5. The van der Waals surface area contributed by atoms with E-state index in [4.69, 9.17) is 4.74 Å². The number of aromatic nitrogens is 2. The number of nitrogens with one attached hydrogen (secondary N) is 1. The second-order valence-electron chi connectivity index (χ2n) is 2.93. The minimum Gasteiger partial charge on any atom is -0.380 e. The van der Waals surface area contributed by atoms with Gasteiger partial charge in [-0.1, -0.05) is 0 Å². The summed E-state index contributed by atoms with van der Waals surface area (Å²) in [5.41, 5.74) is 0. The van der Waals surface area contributed by atoms with Gasteiger partial charge in [0.05, 0.1) is 6.61 Å². The van der Waals surface area contributed by atoms with Crippen molar-refractivity contribution in [3.8, 4) is 0 Å². The lowest BCUT2D eigenvalue weighted by Gasteiger charge is -2.12. The Morgan fingerprint density at radius 2 is 2.14 bits per heavy atom. The highest BCUT2D eigenvalue weighted by Crippen LogP contribution is 2.04. The maximum atomic E-state index is 5.27. The first-order valence-corrected chi connectivity index (χ1v) is 5.62. The number of hydrogen-bond donors (Lipinski definition) is 1. The van der Waals surface area contributed by atoms with Crippen LogP contribution in [0.5, 0.6) is 0 Å². The monoisotopic (exact) mass is 307 g/mol. The maximum absolute atomic E-state index is 5.27. The third-order valence-electron chi connectivity index (χ3n) is 1.57. The first kappa shape index (κ1) is 11.6. The standard InChI is InChI=1S/C9H14IN3O/c1-3-14-6-7(2)13-9-11-4-8(10)5-12-9/h4-5,7H,3,6H2,1-2H3,(H,11,12,13). The van der Waals surface area contributed by atoms with Gasteiger partial charge in [-0.3, -0.25) is 0 Å². The van der Waals surface area contributed by atoms with Gasteiger partial charge in [-0.05, 0) is 36.4 Å². The van der Waals surface area contributed by atoms with Gasteiger partial charge in [0.15, 0.2) is 0 Å². The average molecular weight is 307 g/mol. The highest BCUT2D eigenvalue weighted by Gasteiger charge is 2.02. The Balaban J connectivity index is 2.39. The van der Waals surface area contributed by atoms with Gasteiger partial charge < -0.3 is 10.1 Å². The van der Waals surface area contributed by atoms with Crippen LogP contribution in [0, 0.1) is 3.57 Å². The lowest BCUT2D eigenvalue weighted by Crippen LogP contribution is -2.22. The van der Waals surface area contributed by atoms with Gasteiger partial charge in [0.25, 0.3) is 0 Å². The van der Waals surface area contributed by atoms with Crippen molar-refractivity contribution in [1.82, 2.24) is 9.97 Å². The normalized spacial score (nSPS) is 12.5. The molecule has 1 aromatic heterocycles. The van der Waals surface area contributed by atoms with Gasteiger partial charge in [-0.2, -0.15) is 0 Å². The van der Waals surface area contributed by atoms with Crippen LogP contribution in [-0.2, 0) is 4.74 Å². The molecular formula is C9H14IN3O. The number of rotatable bonds is 5. The fourth-order valence-electron chi connectivity index (χ4n) is 0.943. The SMILES string of the molecule is CCOCC(C)Nc1ncc(I)cn1. The Bertz CT molecular complexity index is 265. The molecule has 0 aliphatic heterocycles. The van der Waals surface area contributed by atoms with Crippen LogP contribution in [0.15, 0.2) is 12.4 Å². The van der Waals surface area contributed by atoms with E-state index in [1.165, 1.54) is 0 Å². The molecule has 1 rings (SSSR count). The van der Waals surface area contributed by atoms with E-state index in [-0.39, 0.29) is 6.04 Å². The zero-order chi connectivity index (χ0) is 10.4. The molecule has 1 N–H and O–H groups in total. The number of ether oxygens (including phenoxy) is 1. The molecule has 78 valence electrons. The van der Waals surface area contributed by atoms with Crippen molar-refractivity contribution in [2.24, 2.45) is 0 Å². The topological polar surface area (TPSA) is 47.0 Å². The molecule has 0 spiro atoms. The minimum atomic E-state index is 0.231. The van der Waals surface area contributed by atoms with Crippen LogP contribution in [0.1, 0.15) is 13.8 Å². The lowest BCUT2D eigenvalue weighted by molar-refractivity contribution is 0.141. The van der Waals surface area contributed by atoms with E-state index in [0.29, 0.717) is 12.6 Å². The molecule has 1 unspecified atom stereocenters. The predicted octanol–water partition coefficient (Wildman–Crippen LogP) is 1.92. The third kappa shape index (κ3) is 4.19. The van der Waals surface area contributed by atoms with Crippen molar-refractivity contribution in [2.45, 2.75) is 19.9 Å². The number of anilines is 1. The number of halogens is 1. The molecule has 1 heterocycles. The van der Waals surface area contributed by atoms with Gasteiger partial charge in [-0.15, -0.1) is 0 Å². The molecule has 0 fully saturated rings. The Labute approximate surface area is 97.6 Å². The van der Waals surface area contributed by atoms with Gasteiger partial charge in [-0.25, -0.2) is 9.97 Å². The molecule has 0 saturated heterocycles. The lowest BCUT2D eigenvalue weighted by atomic mass is 10.4.